The first-order valence-electron chi connectivity index (χ1n) is 10.2. The molecule has 4 aromatic rings. The van der Waals surface area contributed by atoms with Crippen LogP contribution in [0.2, 0.25) is 0 Å². The number of fused-ring (bicyclic) bond motifs is 2. The summed E-state index contributed by atoms with van der Waals surface area (Å²) in [5, 5.41) is 4.65. The largest absolute Gasteiger partial charge is 0.321 e. The fourth-order valence-corrected chi connectivity index (χ4v) is 5.58. The van der Waals surface area contributed by atoms with Gasteiger partial charge in [0, 0.05) is 29.3 Å². The molecule has 0 saturated heterocycles. The third-order valence-corrected chi connectivity index (χ3v) is 7.49. The summed E-state index contributed by atoms with van der Waals surface area (Å²) in [4.78, 5) is 13.3. The lowest BCUT2D eigenvalue weighted by atomic mass is 9.95. The predicted molar refractivity (Wildman–Crippen MR) is 129 cm³/mol. The summed E-state index contributed by atoms with van der Waals surface area (Å²) in [6.45, 7) is 0. The minimum absolute atomic E-state index is 0.266. The van der Waals surface area contributed by atoms with Crippen LogP contribution in [0.15, 0.2) is 102 Å². The summed E-state index contributed by atoms with van der Waals surface area (Å²) >= 11 is 0. The highest BCUT2D eigenvalue weighted by Gasteiger charge is 2.39. The van der Waals surface area contributed by atoms with Crippen LogP contribution in [0, 0.1) is 0 Å². The van der Waals surface area contributed by atoms with E-state index in [4.69, 9.17) is 0 Å². The topological polar surface area (TPSA) is 66.5 Å². The molecule has 6 heteroatoms. The quantitative estimate of drug-likeness (QED) is 0.487. The molecule has 0 atom stereocenters. The molecule has 0 bridgehead atoms. The molecular formula is C26H20N2O3S. The second kappa shape index (κ2) is 7.66. The molecule has 5 nitrogen and oxygen atoms in total. The van der Waals surface area contributed by atoms with Crippen molar-refractivity contribution >= 4 is 43.7 Å². The number of carbonyl (C=O) groups excluding carboxylic acids is 1. The maximum atomic E-state index is 13.6. The van der Waals surface area contributed by atoms with Crippen LogP contribution in [0.1, 0.15) is 11.1 Å². The van der Waals surface area contributed by atoms with Gasteiger partial charge in [-0.25, -0.2) is 8.42 Å². The second-order valence-corrected chi connectivity index (χ2v) is 9.45. The minimum atomic E-state index is -4.08. The summed E-state index contributed by atoms with van der Waals surface area (Å²) in [7, 11) is -2.61. The molecule has 1 heterocycles. The number of nitrogens with one attached hydrogen (secondary N) is 1. The molecule has 4 aromatic carbocycles. The Labute approximate surface area is 186 Å². The van der Waals surface area contributed by atoms with E-state index < -0.39 is 15.9 Å². The van der Waals surface area contributed by atoms with Gasteiger partial charge in [0.05, 0.1) is 5.69 Å². The maximum absolute atomic E-state index is 13.6. The molecule has 1 N–H and O–H groups in total. The van der Waals surface area contributed by atoms with Crippen molar-refractivity contribution in [1.82, 2.24) is 0 Å². The van der Waals surface area contributed by atoms with Gasteiger partial charge in [0.1, 0.15) is 0 Å². The van der Waals surface area contributed by atoms with Gasteiger partial charge < -0.3 is 5.32 Å². The number of sulfonamides is 1. The van der Waals surface area contributed by atoms with Gasteiger partial charge in [-0.2, -0.15) is 0 Å². The third kappa shape index (κ3) is 3.16. The molecular weight excluding hydrogens is 420 g/mol. The number of para-hydroxylation sites is 1. The number of nitrogens with zero attached hydrogens (tertiary/aromatic N) is 1. The van der Waals surface area contributed by atoms with E-state index in [2.05, 4.69) is 5.32 Å². The fourth-order valence-electron chi connectivity index (χ4n) is 4.11. The molecule has 1 aliphatic rings. The van der Waals surface area contributed by atoms with Crippen LogP contribution >= 0.6 is 0 Å². The van der Waals surface area contributed by atoms with Crippen LogP contribution in [0.5, 0.6) is 0 Å². The summed E-state index contributed by atoms with van der Waals surface area (Å²) in [6.07, 6.45) is 0. The van der Waals surface area contributed by atoms with E-state index in [1.807, 2.05) is 78.9 Å². The molecule has 1 amide bonds. The number of anilines is 2. The third-order valence-electron chi connectivity index (χ3n) is 5.66. The molecule has 0 aliphatic carbocycles. The number of amides is 1. The number of rotatable bonds is 3. The Hall–Kier alpha value is -3.90. The Balaban J connectivity index is 1.74. The zero-order valence-corrected chi connectivity index (χ0v) is 18.1. The fraction of sp³-hybridized carbons (Fsp3) is 0.0385. The molecule has 0 spiro atoms. The maximum Gasteiger partial charge on any atom is 0.270 e. The zero-order chi connectivity index (χ0) is 22.3. The van der Waals surface area contributed by atoms with Crippen LogP contribution in [-0.4, -0.2) is 21.4 Å². The summed E-state index contributed by atoms with van der Waals surface area (Å²) in [5.41, 5.74) is 2.86. The van der Waals surface area contributed by atoms with Crippen molar-refractivity contribution in [3.8, 4) is 0 Å². The lowest BCUT2D eigenvalue weighted by molar-refractivity contribution is -0.112. The van der Waals surface area contributed by atoms with E-state index >= 15 is 0 Å². The van der Waals surface area contributed by atoms with E-state index in [1.165, 1.54) is 11.4 Å². The molecule has 32 heavy (non-hydrogen) atoms. The molecule has 5 rings (SSSR count). The first-order valence-corrected chi connectivity index (χ1v) is 11.6. The zero-order valence-electron chi connectivity index (χ0n) is 17.3. The van der Waals surface area contributed by atoms with Gasteiger partial charge in [-0.1, -0.05) is 84.9 Å². The lowest BCUT2D eigenvalue weighted by Crippen LogP contribution is -2.37. The first kappa shape index (κ1) is 20.0. The minimum Gasteiger partial charge on any atom is -0.321 e. The van der Waals surface area contributed by atoms with Crippen molar-refractivity contribution in [2.75, 3.05) is 16.7 Å². The van der Waals surface area contributed by atoms with E-state index in [9.17, 15) is 13.2 Å². The van der Waals surface area contributed by atoms with Crippen molar-refractivity contribution in [2.24, 2.45) is 0 Å². The Morgan fingerprint density at radius 1 is 0.781 bits per heavy atom. The van der Waals surface area contributed by atoms with Crippen molar-refractivity contribution in [3.63, 3.8) is 0 Å². The number of hydrogen-bond acceptors (Lipinski definition) is 3. The van der Waals surface area contributed by atoms with Crippen LogP contribution in [0.3, 0.4) is 0 Å². The monoisotopic (exact) mass is 440 g/mol. The Kier molecular flexibility index (Phi) is 4.79. The molecule has 0 unspecified atom stereocenters. The summed E-state index contributed by atoms with van der Waals surface area (Å²) < 4.78 is 28.3. The van der Waals surface area contributed by atoms with Gasteiger partial charge in [0.2, 0.25) is 0 Å². The smallest absolute Gasteiger partial charge is 0.270 e. The highest BCUT2D eigenvalue weighted by Crippen LogP contribution is 2.42. The Morgan fingerprint density at radius 3 is 2.25 bits per heavy atom. The van der Waals surface area contributed by atoms with Gasteiger partial charge in [-0.05, 0) is 23.1 Å². The lowest BCUT2D eigenvalue weighted by Gasteiger charge is -2.31. The Bertz CT molecular complexity index is 1490. The normalized spacial score (nSPS) is 14.8. The van der Waals surface area contributed by atoms with Gasteiger partial charge in [-0.3, -0.25) is 9.10 Å². The predicted octanol–water partition coefficient (Wildman–Crippen LogP) is 5.02. The molecule has 0 fully saturated rings. The SMILES string of the molecule is CN1c2ccccc2C(c2ccccc2)=C(C(=O)Nc2cccc3ccccc23)S1(=O)=O. The standard InChI is InChI=1S/C26H20N2O3S/c1-28-23-17-8-7-15-21(23)24(19-11-3-2-4-12-19)25(32(28,30)31)26(29)27-22-16-9-13-18-10-5-6-14-20(18)22/h2-17H,1H3,(H,27,29). The van der Waals surface area contributed by atoms with Crippen molar-refractivity contribution in [2.45, 2.75) is 0 Å². The van der Waals surface area contributed by atoms with Crippen LogP contribution in [-0.2, 0) is 14.8 Å². The van der Waals surface area contributed by atoms with E-state index in [0.717, 1.165) is 10.8 Å². The number of hydrogen-bond donors (Lipinski definition) is 1. The average molecular weight is 441 g/mol. The molecule has 0 radical (unpaired) electrons. The number of carbonyl (C=O) groups is 1. The molecule has 158 valence electrons. The van der Waals surface area contributed by atoms with Crippen molar-refractivity contribution < 1.29 is 13.2 Å². The van der Waals surface area contributed by atoms with Crippen LogP contribution in [0.25, 0.3) is 16.3 Å². The number of benzene rings is 4. The van der Waals surface area contributed by atoms with E-state index in [-0.39, 0.29) is 4.91 Å². The van der Waals surface area contributed by atoms with Gasteiger partial charge >= 0.3 is 0 Å². The van der Waals surface area contributed by atoms with Gasteiger partial charge in [0.25, 0.3) is 15.9 Å². The first-order chi connectivity index (χ1) is 15.5. The molecule has 0 aromatic heterocycles. The highest BCUT2D eigenvalue weighted by atomic mass is 32.2. The molecule has 0 saturated carbocycles. The summed E-state index contributed by atoms with van der Waals surface area (Å²) in [5.74, 6) is -0.665. The van der Waals surface area contributed by atoms with E-state index in [1.54, 1.807) is 18.2 Å². The van der Waals surface area contributed by atoms with Gasteiger partial charge in [0.15, 0.2) is 4.91 Å². The van der Waals surface area contributed by atoms with Crippen molar-refractivity contribution in [3.05, 3.63) is 113 Å². The van der Waals surface area contributed by atoms with Gasteiger partial charge in [-0.15, -0.1) is 0 Å². The summed E-state index contributed by atoms with van der Waals surface area (Å²) in [6, 6.07) is 29.6. The Morgan fingerprint density at radius 2 is 1.44 bits per heavy atom. The average Bonchev–Trinajstić information content (AvgIpc) is 2.82. The van der Waals surface area contributed by atoms with Crippen LogP contribution in [0.4, 0.5) is 11.4 Å². The van der Waals surface area contributed by atoms with Crippen LogP contribution < -0.4 is 9.62 Å². The second-order valence-electron chi connectivity index (χ2n) is 7.54. The molecule has 1 aliphatic heterocycles. The highest BCUT2D eigenvalue weighted by molar-refractivity contribution is 7.97. The van der Waals surface area contributed by atoms with E-state index in [0.29, 0.717) is 28.1 Å². The van der Waals surface area contributed by atoms with Crippen molar-refractivity contribution in [1.29, 1.82) is 0 Å².